The standard InChI is InChI=1S/C16H14Cl2O4/c17-13-12(16(20,21)10-4-2-1-3-5-10)7-9-6-11(8-19)22-15(9)14(13)18/h1-5,7,11,19-21H,6,8H2. The van der Waals surface area contributed by atoms with Gasteiger partial charge in [0.15, 0.2) is 0 Å². The molecule has 0 bridgehead atoms. The van der Waals surface area contributed by atoms with Gasteiger partial charge in [0.1, 0.15) is 16.9 Å². The largest absolute Gasteiger partial charge is 0.486 e. The fourth-order valence-corrected chi connectivity index (χ4v) is 3.12. The quantitative estimate of drug-likeness (QED) is 0.750. The van der Waals surface area contributed by atoms with E-state index in [1.54, 1.807) is 36.4 Å². The number of hydrogen-bond donors (Lipinski definition) is 3. The van der Waals surface area contributed by atoms with Crippen molar-refractivity contribution in [1.82, 2.24) is 0 Å². The van der Waals surface area contributed by atoms with Crippen LogP contribution in [0.3, 0.4) is 0 Å². The molecule has 1 atom stereocenters. The van der Waals surface area contributed by atoms with Crippen LogP contribution >= 0.6 is 23.2 Å². The van der Waals surface area contributed by atoms with Crippen molar-refractivity contribution in [2.45, 2.75) is 18.3 Å². The lowest BCUT2D eigenvalue weighted by molar-refractivity contribution is -0.132. The maximum absolute atomic E-state index is 10.5. The van der Waals surface area contributed by atoms with Crippen LogP contribution in [0.5, 0.6) is 5.75 Å². The van der Waals surface area contributed by atoms with E-state index in [-0.39, 0.29) is 27.8 Å². The molecule has 0 spiro atoms. The molecule has 3 N–H and O–H groups in total. The summed E-state index contributed by atoms with van der Waals surface area (Å²) < 4.78 is 5.51. The number of rotatable bonds is 3. The SMILES string of the molecule is OCC1Cc2cc(C(O)(O)c3ccccc3)c(Cl)c(Cl)c2O1. The van der Waals surface area contributed by atoms with E-state index in [1.165, 1.54) is 0 Å². The van der Waals surface area contributed by atoms with Crippen LogP contribution in [-0.4, -0.2) is 28.0 Å². The summed E-state index contributed by atoms with van der Waals surface area (Å²) in [6.07, 6.45) is 0.0305. The Morgan fingerprint density at radius 1 is 1.14 bits per heavy atom. The minimum absolute atomic E-state index is 0.0212. The number of aliphatic hydroxyl groups is 3. The molecule has 4 nitrogen and oxygen atoms in total. The van der Waals surface area contributed by atoms with Crippen molar-refractivity contribution >= 4 is 23.2 Å². The number of halogens is 2. The van der Waals surface area contributed by atoms with Crippen LogP contribution in [0.4, 0.5) is 0 Å². The highest BCUT2D eigenvalue weighted by Crippen LogP contribution is 2.45. The molecule has 0 fully saturated rings. The van der Waals surface area contributed by atoms with Gasteiger partial charge in [-0.15, -0.1) is 0 Å². The van der Waals surface area contributed by atoms with Crippen LogP contribution in [0.15, 0.2) is 36.4 Å². The summed E-state index contributed by atoms with van der Waals surface area (Å²) in [5.74, 6) is -1.88. The predicted molar refractivity (Wildman–Crippen MR) is 83.3 cm³/mol. The number of ether oxygens (including phenoxy) is 1. The van der Waals surface area contributed by atoms with Crippen molar-refractivity contribution < 1.29 is 20.1 Å². The monoisotopic (exact) mass is 340 g/mol. The third-order valence-corrected chi connectivity index (χ3v) is 4.58. The molecular weight excluding hydrogens is 327 g/mol. The van der Waals surface area contributed by atoms with E-state index in [2.05, 4.69) is 0 Å². The maximum Gasteiger partial charge on any atom is 0.218 e. The van der Waals surface area contributed by atoms with Gasteiger partial charge in [-0.1, -0.05) is 53.5 Å². The molecule has 1 unspecified atom stereocenters. The van der Waals surface area contributed by atoms with Gasteiger partial charge in [-0.2, -0.15) is 0 Å². The molecule has 0 radical (unpaired) electrons. The first kappa shape index (κ1) is 15.6. The maximum atomic E-state index is 10.5. The van der Waals surface area contributed by atoms with Gasteiger partial charge < -0.3 is 20.1 Å². The molecule has 2 aromatic rings. The topological polar surface area (TPSA) is 69.9 Å². The zero-order valence-corrected chi connectivity index (χ0v) is 13.0. The number of benzene rings is 2. The molecule has 0 saturated carbocycles. The second-order valence-corrected chi connectivity index (χ2v) is 5.96. The van der Waals surface area contributed by atoms with E-state index < -0.39 is 11.9 Å². The van der Waals surface area contributed by atoms with E-state index >= 15 is 0 Å². The number of aliphatic hydroxyl groups excluding tert-OH is 1. The molecule has 2 aromatic carbocycles. The fourth-order valence-electron chi connectivity index (χ4n) is 2.58. The van der Waals surface area contributed by atoms with Gasteiger partial charge in [-0.25, -0.2) is 0 Å². The summed E-state index contributed by atoms with van der Waals surface area (Å²) in [4.78, 5) is 0. The summed E-state index contributed by atoms with van der Waals surface area (Å²) in [7, 11) is 0. The van der Waals surface area contributed by atoms with Crippen molar-refractivity contribution in [2.75, 3.05) is 6.61 Å². The molecule has 0 saturated heterocycles. The average Bonchev–Trinajstić information content (AvgIpc) is 2.95. The molecule has 1 aliphatic heterocycles. The first-order valence-electron chi connectivity index (χ1n) is 6.74. The summed E-state index contributed by atoms with van der Waals surface area (Å²) >= 11 is 12.4. The van der Waals surface area contributed by atoms with Gasteiger partial charge in [-0.3, -0.25) is 0 Å². The normalized spacial score (nSPS) is 17.2. The molecule has 6 heteroatoms. The first-order valence-corrected chi connectivity index (χ1v) is 7.50. The smallest absolute Gasteiger partial charge is 0.218 e. The van der Waals surface area contributed by atoms with Crippen molar-refractivity contribution in [2.24, 2.45) is 0 Å². The van der Waals surface area contributed by atoms with Gasteiger partial charge in [-0.05, 0) is 6.07 Å². The minimum atomic E-state index is -2.27. The number of hydrogen-bond acceptors (Lipinski definition) is 4. The molecule has 0 amide bonds. The Bertz CT molecular complexity index is 701. The van der Waals surface area contributed by atoms with Crippen LogP contribution in [0, 0.1) is 0 Å². The molecule has 22 heavy (non-hydrogen) atoms. The second kappa shape index (κ2) is 5.72. The summed E-state index contributed by atoms with van der Waals surface area (Å²) in [5, 5.41) is 30.4. The van der Waals surface area contributed by atoms with Gasteiger partial charge in [0, 0.05) is 23.1 Å². The van der Waals surface area contributed by atoms with Crippen molar-refractivity contribution in [3.05, 3.63) is 63.1 Å². The highest BCUT2D eigenvalue weighted by atomic mass is 35.5. The molecular formula is C16H14Cl2O4. The molecule has 116 valence electrons. The van der Waals surface area contributed by atoms with Gasteiger partial charge in [0.2, 0.25) is 5.79 Å². The summed E-state index contributed by atoms with van der Waals surface area (Å²) in [6, 6.07) is 9.91. The Hall–Kier alpha value is -1.30. The molecule has 0 aromatic heterocycles. The Labute approximate surface area is 137 Å². The van der Waals surface area contributed by atoms with Crippen molar-refractivity contribution in [1.29, 1.82) is 0 Å². The Kier molecular flexibility index (Phi) is 4.05. The molecule has 0 aliphatic carbocycles. The highest BCUT2D eigenvalue weighted by molar-refractivity contribution is 6.43. The zero-order valence-electron chi connectivity index (χ0n) is 11.5. The fraction of sp³-hybridized carbons (Fsp3) is 0.250. The van der Waals surface area contributed by atoms with Crippen LogP contribution in [0.25, 0.3) is 0 Å². The lowest BCUT2D eigenvalue weighted by atomic mass is 9.95. The Morgan fingerprint density at radius 2 is 1.82 bits per heavy atom. The molecule has 1 aliphatic rings. The Morgan fingerprint density at radius 3 is 2.45 bits per heavy atom. The average molecular weight is 341 g/mol. The van der Waals surface area contributed by atoms with E-state index in [9.17, 15) is 15.3 Å². The second-order valence-electron chi connectivity index (χ2n) is 5.21. The van der Waals surface area contributed by atoms with Crippen molar-refractivity contribution in [3.8, 4) is 5.75 Å². The lowest BCUT2D eigenvalue weighted by Crippen LogP contribution is -2.27. The third-order valence-electron chi connectivity index (χ3n) is 3.73. The van der Waals surface area contributed by atoms with E-state index in [1.807, 2.05) is 0 Å². The molecule has 1 heterocycles. The Balaban J connectivity index is 2.12. The zero-order chi connectivity index (χ0) is 15.9. The van der Waals surface area contributed by atoms with Gasteiger partial charge in [0.05, 0.1) is 11.6 Å². The van der Waals surface area contributed by atoms with Gasteiger partial charge >= 0.3 is 0 Å². The predicted octanol–water partition coefficient (Wildman–Crippen LogP) is 2.47. The van der Waals surface area contributed by atoms with E-state index in [0.717, 1.165) is 0 Å². The van der Waals surface area contributed by atoms with Crippen LogP contribution < -0.4 is 4.74 Å². The van der Waals surface area contributed by atoms with E-state index in [0.29, 0.717) is 17.7 Å². The van der Waals surface area contributed by atoms with Crippen LogP contribution in [0.2, 0.25) is 10.0 Å². The van der Waals surface area contributed by atoms with Crippen LogP contribution in [0.1, 0.15) is 16.7 Å². The first-order chi connectivity index (χ1) is 10.4. The van der Waals surface area contributed by atoms with Gasteiger partial charge in [0.25, 0.3) is 0 Å². The molecule has 3 rings (SSSR count). The van der Waals surface area contributed by atoms with Crippen molar-refractivity contribution in [3.63, 3.8) is 0 Å². The summed E-state index contributed by atoms with van der Waals surface area (Å²) in [6.45, 7) is -0.153. The highest BCUT2D eigenvalue weighted by Gasteiger charge is 2.36. The van der Waals surface area contributed by atoms with E-state index in [4.69, 9.17) is 27.9 Å². The lowest BCUT2D eigenvalue weighted by Gasteiger charge is -2.25. The third kappa shape index (κ3) is 2.47. The summed E-state index contributed by atoms with van der Waals surface area (Å²) in [5.41, 5.74) is 1.06. The number of fused-ring (bicyclic) bond motifs is 1. The van der Waals surface area contributed by atoms with Crippen LogP contribution in [-0.2, 0) is 12.2 Å². The minimum Gasteiger partial charge on any atom is -0.486 e.